The van der Waals surface area contributed by atoms with Crippen LogP contribution in [0.5, 0.6) is 0 Å². The number of benzene rings is 1. The minimum Gasteiger partial charge on any atom is -0.467 e. The van der Waals surface area contributed by atoms with Gasteiger partial charge in [0.05, 0.1) is 13.5 Å². The molecule has 108 valence electrons. The number of hydrogen-bond donors (Lipinski definition) is 0. The summed E-state index contributed by atoms with van der Waals surface area (Å²) in [6.07, 6.45) is 1.90. The summed E-state index contributed by atoms with van der Waals surface area (Å²) in [4.78, 5) is 25.7. The van der Waals surface area contributed by atoms with Gasteiger partial charge in [0.15, 0.2) is 0 Å². The molecular weight excluding hydrogens is 254 g/mol. The maximum atomic E-state index is 12.4. The van der Waals surface area contributed by atoms with E-state index in [-0.39, 0.29) is 11.9 Å². The van der Waals surface area contributed by atoms with Gasteiger partial charge in [0, 0.05) is 6.54 Å². The molecule has 0 radical (unpaired) electrons. The van der Waals surface area contributed by atoms with Gasteiger partial charge in [0.25, 0.3) is 0 Å². The lowest BCUT2D eigenvalue weighted by atomic mass is 10.0. The standard InChI is InChI=1S/C16H21NO3/c1-11-6-7-13(9-12(11)2)10-15(18)17-8-4-5-14(17)16(19)20-3/h6-7,9,14H,4-5,8,10H2,1-3H3. The zero-order valence-corrected chi connectivity index (χ0v) is 12.3. The SMILES string of the molecule is COC(=O)C1CCCN1C(=O)Cc1ccc(C)c(C)c1. The van der Waals surface area contributed by atoms with Gasteiger partial charge in [-0.15, -0.1) is 0 Å². The second kappa shape index (κ2) is 6.07. The lowest BCUT2D eigenvalue weighted by molar-refractivity contribution is -0.150. The van der Waals surface area contributed by atoms with E-state index in [1.165, 1.54) is 18.2 Å². The Labute approximate surface area is 119 Å². The molecule has 2 rings (SSSR count). The average Bonchev–Trinajstić information content (AvgIpc) is 2.91. The first-order valence-electron chi connectivity index (χ1n) is 6.96. The highest BCUT2D eigenvalue weighted by Crippen LogP contribution is 2.20. The lowest BCUT2D eigenvalue weighted by Crippen LogP contribution is -2.41. The summed E-state index contributed by atoms with van der Waals surface area (Å²) < 4.78 is 4.77. The van der Waals surface area contributed by atoms with Crippen LogP contribution in [0.2, 0.25) is 0 Å². The highest BCUT2D eigenvalue weighted by atomic mass is 16.5. The van der Waals surface area contributed by atoms with Gasteiger partial charge in [0.1, 0.15) is 6.04 Å². The van der Waals surface area contributed by atoms with E-state index in [0.29, 0.717) is 19.4 Å². The van der Waals surface area contributed by atoms with Crippen molar-refractivity contribution in [3.63, 3.8) is 0 Å². The number of ether oxygens (including phenoxy) is 1. The first kappa shape index (κ1) is 14.6. The van der Waals surface area contributed by atoms with Crippen molar-refractivity contribution in [1.82, 2.24) is 4.90 Å². The maximum absolute atomic E-state index is 12.4. The molecule has 1 aliphatic rings. The molecule has 0 aliphatic carbocycles. The molecule has 1 atom stereocenters. The fourth-order valence-electron chi connectivity index (χ4n) is 2.64. The summed E-state index contributed by atoms with van der Waals surface area (Å²) in [5, 5.41) is 0. The molecule has 1 aromatic carbocycles. The van der Waals surface area contributed by atoms with Gasteiger partial charge in [0.2, 0.25) is 5.91 Å². The van der Waals surface area contributed by atoms with E-state index in [4.69, 9.17) is 4.74 Å². The Morgan fingerprint density at radius 1 is 1.30 bits per heavy atom. The molecule has 1 heterocycles. The van der Waals surface area contributed by atoms with Crippen LogP contribution in [0.15, 0.2) is 18.2 Å². The molecule has 1 fully saturated rings. The molecule has 1 aliphatic heterocycles. The minimum absolute atomic E-state index is 0.00107. The van der Waals surface area contributed by atoms with Gasteiger partial charge in [-0.05, 0) is 43.4 Å². The van der Waals surface area contributed by atoms with E-state index in [9.17, 15) is 9.59 Å². The molecule has 0 saturated carbocycles. The van der Waals surface area contributed by atoms with Crippen molar-refractivity contribution in [2.75, 3.05) is 13.7 Å². The van der Waals surface area contributed by atoms with Gasteiger partial charge >= 0.3 is 5.97 Å². The third kappa shape index (κ3) is 3.00. The summed E-state index contributed by atoms with van der Waals surface area (Å²) >= 11 is 0. The van der Waals surface area contributed by atoms with Gasteiger partial charge in [-0.1, -0.05) is 18.2 Å². The number of hydrogen-bond acceptors (Lipinski definition) is 3. The quantitative estimate of drug-likeness (QED) is 0.793. The van der Waals surface area contributed by atoms with Crippen LogP contribution in [0.1, 0.15) is 29.5 Å². The largest absolute Gasteiger partial charge is 0.467 e. The molecule has 1 saturated heterocycles. The average molecular weight is 275 g/mol. The fourth-order valence-corrected chi connectivity index (χ4v) is 2.64. The van der Waals surface area contributed by atoms with Crippen LogP contribution in [-0.2, 0) is 20.7 Å². The smallest absolute Gasteiger partial charge is 0.328 e. The zero-order valence-electron chi connectivity index (χ0n) is 12.3. The first-order valence-corrected chi connectivity index (χ1v) is 6.96. The molecule has 20 heavy (non-hydrogen) atoms. The molecule has 0 spiro atoms. The fraction of sp³-hybridized carbons (Fsp3) is 0.500. The normalized spacial score (nSPS) is 18.1. The van der Waals surface area contributed by atoms with Crippen molar-refractivity contribution >= 4 is 11.9 Å². The van der Waals surface area contributed by atoms with E-state index >= 15 is 0 Å². The third-order valence-electron chi connectivity index (χ3n) is 3.97. The molecule has 0 aromatic heterocycles. The Morgan fingerprint density at radius 3 is 2.70 bits per heavy atom. The Kier molecular flexibility index (Phi) is 4.42. The van der Waals surface area contributed by atoms with Crippen molar-refractivity contribution in [2.24, 2.45) is 0 Å². The van der Waals surface area contributed by atoms with Crippen LogP contribution < -0.4 is 0 Å². The topological polar surface area (TPSA) is 46.6 Å². The maximum Gasteiger partial charge on any atom is 0.328 e. The van der Waals surface area contributed by atoms with Crippen molar-refractivity contribution in [2.45, 2.75) is 39.2 Å². The van der Waals surface area contributed by atoms with Gasteiger partial charge < -0.3 is 9.64 Å². The van der Waals surface area contributed by atoms with Crippen molar-refractivity contribution in [3.8, 4) is 0 Å². The molecule has 4 heteroatoms. The molecule has 4 nitrogen and oxygen atoms in total. The van der Waals surface area contributed by atoms with Crippen LogP contribution in [0, 0.1) is 13.8 Å². The lowest BCUT2D eigenvalue weighted by Gasteiger charge is -2.22. The molecular formula is C16H21NO3. The summed E-state index contributed by atoms with van der Waals surface area (Å²) in [6.45, 7) is 4.73. The zero-order chi connectivity index (χ0) is 14.7. The van der Waals surface area contributed by atoms with Crippen LogP contribution in [0.25, 0.3) is 0 Å². The molecule has 0 N–H and O–H groups in total. The van der Waals surface area contributed by atoms with Crippen LogP contribution in [0.4, 0.5) is 0 Å². The molecule has 1 aromatic rings. The number of methoxy groups -OCH3 is 1. The number of rotatable bonds is 3. The number of nitrogens with zero attached hydrogens (tertiary/aromatic N) is 1. The molecule has 1 amide bonds. The number of carbonyl (C=O) groups excluding carboxylic acids is 2. The van der Waals surface area contributed by atoms with Gasteiger partial charge in [-0.3, -0.25) is 4.79 Å². The Bertz CT molecular complexity index is 524. The highest BCUT2D eigenvalue weighted by molar-refractivity contribution is 5.86. The number of amides is 1. The van der Waals surface area contributed by atoms with E-state index in [1.54, 1.807) is 4.90 Å². The number of carbonyl (C=O) groups is 2. The first-order chi connectivity index (χ1) is 9.52. The van der Waals surface area contributed by atoms with Crippen molar-refractivity contribution < 1.29 is 14.3 Å². The summed E-state index contributed by atoms with van der Waals surface area (Å²) in [5.41, 5.74) is 3.39. The summed E-state index contributed by atoms with van der Waals surface area (Å²) in [6, 6.07) is 5.64. The Hall–Kier alpha value is -1.84. The van der Waals surface area contributed by atoms with Crippen LogP contribution in [0.3, 0.4) is 0 Å². The van der Waals surface area contributed by atoms with Crippen LogP contribution >= 0.6 is 0 Å². The highest BCUT2D eigenvalue weighted by Gasteiger charge is 2.34. The summed E-state index contributed by atoms with van der Waals surface area (Å²) in [7, 11) is 1.37. The Morgan fingerprint density at radius 2 is 2.05 bits per heavy atom. The van der Waals surface area contributed by atoms with Gasteiger partial charge in [-0.2, -0.15) is 0 Å². The number of likely N-dealkylation sites (tertiary alicyclic amines) is 1. The second-order valence-electron chi connectivity index (χ2n) is 5.36. The van der Waals surface area contributed by atoms with Crippen molar-refractivity contribution in [1.29, 1.82) is 0 Å². The van der Waals surface area contributed by atoms with E-state index < -0.39 is 6.04 Å². The predicted molar refractivity (Wildman–Crippen MR) is 76.4 cm³/mol. The van der Waals surface area contributed by atoms with Crippen molar-refractivity contribution in [3.05, 3.63) is 34.9 Å². The predicted octanol–water partition coefficient (Wildman–Crippen LogP) is 2.01. The Balaban J connectivity index is 2.07. The minimum atomic E-state index is -0.404. The third-order valence-corrected chi connectivity index (χ3v) is 3.97. The molecule has 0 bridgehead atoms. The van der Waals surface area contributed by atoms with E-state index in [1.807, 2.05) is 25.1 Å². The second-order valence-corrected chi connectivity index (χ2v) is 5.36. The summed E-state index contributed by atoms with van der Waals surface area (Å²) in [5.74, 6) is -0.308. The number of esters is 1. The number of aryl methyl sites for hydroxylation is 2. The molecule has 1 unspecified atom stereocenters. The van der Waals surface area contributed by atoms with Gasteiger partial charge in [-0.25, -0.2) is 4.79 Å². The monoisotopic (exact) mass is 275 g/mol. The van der Waals surface area contributed by atoms with Crippen LogP contribution in [-0.4, -0.2) is 36.5 Å². The van der Waals surface area contributed by atoms with E-state index in [2.05, 4.69) is 6.92 Å². The van der Waals surface area contributed by atoms with E-state index in [0.717, 1.165) is 12.0 Å².